The first-order valence-electron chi connectivity index (χ1n) is 13.3. The molecule has 180 valence electrons. The van der Waals surface area contributed by atoms with E-state index in [1.54, 1.807) is 0 Å². The molecule has 0 fully saturated rings. The lowest BCUT2D eigenvalue weighted by atomic mass is 9.87. The molecule has 0 aliphatic rings. The lowest BCUT2D eigenvalue weighted by Crippen LogP contribution is -1.99. The van der Waals surface area contributed by atoms with Gasteiger partial charge in [0.15, 0.2) is 0 Å². The second-order valence-electron chi connectivity index (χ2n) is 10.8. The average molecular weight is 479 g/mol. The normalized spacial score (nSPS) is 12.3. The molecular weight excluding hydrogens is 448 g/mol. The smallest absolute Gasteiger partial charge is 0.145 e. The first-order valence-corrected chi connectivity index (χ1v) is 13.3. The summed E-state index contributed by atoms with van der Waals surface area (Å²) >= 11 is 0. The lowest BCUT2D eigenvalue weighted by Gasteiger charge is -2.18. The van der Waals surface area contributed by atoms with Gasteiger partial charge in [-0.3, -0.25) is 4.40 Å². The molecule has 7 aromatic rings. The maximum Gasteiger partial charge on any atom is 0.145 e. The molecule has 0 N–H and O–H groups in total. The van der Waals surface area contributed by atoms with Crippen LogP contribution in [0.5, 0.6) is 0 Å². The average Bonchev–Trinajstić information content (AvgIpc) is 3.37. The Bertz CT molecular complexity index is 1960. The zero-order valence-electron chi connectivity index (χ0n) is 21.8. The monoisotopic (exact) mass is 478 g/mol. The minimum atomic E-state index is 0.416. The van der Waals surface area contributed by atoms with E-state index in [1.807, 2.05) is 0 Å². The van der Waals surface area contributed by atoms with Crippen molar-refractivity contribution in [2.75, 3.05) is 0 Å². The van der Waals surface area contributed by atoms with Crippen LogP contribution in [0.2, 0.25) is 0 Å². The molecule has 2 aromatic heterocycles. The fourth-order valence-corrected chi connectivity index (χ4v) is 6.17. The van der Waals surface area contributed by atoms with Gasteiger partial charge in [0.1, 0.15) is 5.65 Å². The molecule has 7 rings (SSSR count). The van der Waals surface area contributed by atoms with Crippen LogP contribution >= 0.6 is 0 Å². The topological polar surface area (TPSA) is 17.3 Å². The Balaban J connectivity index is 1.68. The summed E-state index contributed by atoms with van der Waals surface area (Å²) in [5.41, 5.74) is 7.32. The fraction of sp³-hybridized carbons (Fsp3) is 0.171. The van der Waals surface area contributed by atoms with E-state index in [0.717, 1.165) is 11.3 Å². The standard InChI is InChI=1S/C35H30N2/c1-21(2)24-14-9-15-25(22(3)4)33(24)32-20-37-34-29-17-16-23-10-5-6-11-26(23)28(29)18-19-30(34)27-12-7-8-13-31(27)35(37)36-32/h5-22H,1-4H3. The maximum absolute atomic E-state index is 5.38. The summed E-state index contributed by atoms with van der Waals surface area (Å²) in [7, 11) is 0. The van der Waals surface area contributed by atoms with Crippen molar-refractivity contribution in [2.45, 2.75) is 39.5 Å². The number of hydrogen-bond acceptors (Lipinski definition) is 1. The highest BCUT2D eigenvalue weighted by atomic mass is 15.0. The summed E-state index contributed by atoms with van der Waals surface area (Å²) in [4.78, 5) is 5.38. The van der Waals surface area contributed by atoms with Gasteiger partial charge in [-0.05, 0) is 44.5 Å². The molecule has 0 unspecified atom stereocenters. The van der Waals surface area contributed by atoms with Gasteiger partial charge >= 0.3 is 0 Å². The van der Waals surface area contributed by atoms with Crippen molar-refractivity contribution in [3.63, 3.8) is 0 Å². The summed E-state index contributed by atoms with van der Waals surface area (Å²) in [6.45, 7) is 9.12. The molecule has 0 spiro atoms. The molecule has 0 saturated heterocycles. The molecule has 5 aromatic carbocycles. The molecule has 2 heterocycles. The van der Waals surface area contributed by atoms with Crippen LogP contribution in [0.1, 0.15) is 50.7 Å². The Hall–Kier alpha value is -4.17. The SMILES string of the molecule is CC(C)c1cccc(C(C)C)c1-c1cn2c(n1)c1ccccc1c1ccc3c4ccccc4ccc3c12. The van der Waals surface area contributed by atoms with Crippen LogP contribution in [-0.4, -0.2) is 9.38 Å². The molecule has 0 amide bonds. The van der Waals surface area contributed by atoms with Gasteiger partial charge in [-0.1, -0.05) is 119 Å². The number of aromatic nitrogens is 2. The van der Waals surface area contributed by atoms with E-state index < -0.39 is 0 Å². The second-order valence-corrected chi connectivity index (χ2v) is 10.8. The van der Waals surface area contributed by atoms with Crippen molar-refractivity contribution < 1.29 is 0 Å². The van der Waals surface area contributed by atoms with Crippen LogP contribution in [-0.2, 0) is 0 Å². The van der Waals surface area contributed by atoms with E-state index in [-0.39, 0.29) is 0 Å². The predicted octanol–water partition coefficient (Wildman–Crippen LogP) is 9.86. The van der Waals surface area contributed by atoms with E-state index in [2.05, 4.69) is 129 Å². The molecule has 0 radical (unpaired) electrons. The van der Waals surface area contributed by atoms with Gasteiger partial charge in [0.2, 0.25) is 0 Å². The number of nitrogens with zero attached hydrogens (tertiary/aromatic N) is 2. The Morgan fingerprint density at radius 3 is 1.81 bits per heavy atom. The lowest BCUT2D eigenvalue weighted by molar-refractivity contribution is 0.837. The third-order valence-corrected chi connectivity index (χ3v) is 7.93. The van der Waals surface area contributed by atoms with Crippen molar-refractivity contribution >= 4 is 48.9 Å². The Labute approximate surface area is 217 Å². The third-order valence-electron chi connectivity index (χ3n) is 7.93. The minimum absolute atomic E-state index is 0.416. The van der Waals surface area contributed by atoms with Crippen LogP contribution in [0.3, 0.4) is 0 Å². The first-order chi connectivity index (χ1) is 18.0. The van der Waals surface area contributed by atoms with Crippen molar-refractivity contribution in [1.82, 2.24) is 9.38 Å². The summed E-state index contributed by atoms with van der Waals surface area (Å²) in [5, 5.41) is 8.80. The van der Waals surface area contributed by atoms with Gasteiger partial charge in [-0.15, -0.1) is 0 Å². The van der Waals surface area contributed by atoms with Crippen LogP contribution in [0, 0.1) is 0 Å². The van der Waals surface area contributed by atoms with Crippen LogP contribution in [0.25, 0.3) is 60.1 Å². The van der Waals surface area contributed by atoms with E-state index in [0.29, 0.717) is 11.8 Å². The number of pyridine rings is 1. The van der Waals surface area contributed by atoms with Gasteiger partial charge in [0.25, 0.3) is 0 Å². The Morgan fingerprint density at radius 1 is 0.541 bits per heavy atom. The highest BCUT2D eigenvalue weighted by Crippen LogP contribution is 2.40. The number of fused-ring (bicyclic) bond motifs is 10. The summed E-state index contributed by atoms with van der Waals surface area (Å²) in [5.74, 6) is 0.832. The van der Waals surface area contributed by atoms with Crippen molar-refractivity contribution in [3.05, 3.63) is 108 Å². The molecule has 0 bridgehead atoms. The van der Waals surface area contributed by atoms with E-state index in [4.69, 9.17) is 4.98 Å². The summed E-state index contributed by atoms with van der Waals surface area (Å²) < 4.78 is 2.35. The molecular formula is C35H30N2. The van der Waals surface area contributed by atoms with Crippen molar-refractivity contribution in [2.24, 2.45) is 0 Å². The van der Waals surface area contributed by atoms with Crippen molar-refractivity contribution in [3.8, 4) is 11.3 Å². The molecule has 0 aliphatic heterocycles. The van der Waals surface area contributed by atoms with Gasteiger partial charge in [-0.2, -0.15) is 0 Å². The highest BCUT2D eigenvalue weighted by molar-refractivity contribution is 6.23. The second kappa shape index (κ2) is 8.18. The van der Waals surface area contributed by atoms with E-state index >= 15 is 0 Å². The molecule has 2 heteroatoms. The molecule has 2 nitrogen and oxygen atoms in total. The molecule has 0 aliphatic carbocycles. The summed E-state index contributed by atoms with van der Waals surface area (Å²) in [6, 6.07) is 33.3. The van der Waals surface area contributed by atoms with Crippen LogP contribution in [0.4, 0.5) is 0 Å². The molecule has 37 heavy (non-hydrogen) atoms. The number of hydrogen-bond donors (Lipinski definition) is 0. The Morgan fingerprint density at radius 2 is 1.11 bits per heavy atom. The van der Waals surface area contributed by atoms with Crippen molar-refractivity contribution in [1.29, 1.82) is 0 Å². The summed E-state index contributed by atoms with van der Waals surface area (Å²) in [6.07, 6.45) is 2.28. The fourth-order valence-electron chi connectivity index (χ4n) is 6.17. The predicted molar refractivity (Wildman–Crippen MR) is 159 cm³/mol. The van der Waals surface area contributed by atoms with Gasteiger partial charge in [-0.25, -0.2) is 4.98 Å². The minimum Gasteiger partial charge on any atom is -0.298 e. The number of benzene rings is 5. The molecule has 0 saturated carbocycles. The third kappa shape index (κ3) is 3.22. The van der Waals surface area contributed by atoms with Gasteiger partial charge in [0, 0.05) is 27.9 Å². The van der Waals surface area contributed by atoms with Gasteiger partial charge < -0.3 is 0 Å². The zero-order chi connectivity index (χ0) is 25.3. The zero-order valence-corrected chi connectivity index (χ0v) is 21.8. The van der Waals surface area contributed by atoms with Gasteiger partial charge in [0.05, 0.1) is 11.2 Å². The number of imidazole rings is 1. The van der Waals surface area contributed by atoms with Crippen LogP contribution < -0.4 is 0 Å². The molecule has 0 atom stereocenters. The number of rotatable bonds is 3. The maximum atomic E-state index is 5.38. The van der Waals surface area contributed by atoms with E-state index in [1.165, 1.54) is 59.9 Å². The van der Waals surface area contributed by atoms with Crippen LogP contribution in [0.15, 0.2) is 97.2 Å². The quantitative estimate of drug-likeness (QED) is 0.231. The highest BCUT2D eigenvalue weighted by Gasteiger charge is 2.20. The van der Waals surface area contributed by atoms with E-state index in [9.17, 15) is 0 Å². The first kappa shape index (κ1) is 22.1. The Kier molecular flexibility index (Phi) is 4.87. The largest absolute Gasteiger partial charge is 0.298 e.